The zero-order valence-corrected chi connectivity index (χ0v) is 14.7. The van der Waals surface area contributed by atoms with E-state index in [-0.39, 0.29) is 12.0 Å². The maximum absolute atomic E-state index is 12.8. The van der Waals surface area contributed by atoms with Crippen LogP contribution in [0.3, 0.4) is 0 Å². The molecule has 0 saturated carbocycles. The average Bonchev–Trinajstić information content (AvgIpc) is 3.26. The van der Waals surface area contributed by atoms with Crippen LogP contribution in [0.15, 0.2) is 33.3 Å². The maximum Gasteiger partial charge on any atom is 0.257 e. The number of nitrogens with zero attached hydrogens (tertiary/aromatic N) is 2. The number of likely N-dealkylation sites (tertiary alicyclic amines) is 1. The molecule has 6 nitrogen and oxygen atoms in total. The molecule has 25 heavy (non-hydrogen) atoms. The molecule has 0 aliphatic carbocycles. The number of hydrogen-bond donors (Lipinski definition) is 0. The van der Waals surface area contributed by atoms with Gasteiger partial charge in [-0.2, -0.15) is 0 Å². The highest BCUT2D eigenvalue weighted by Gasteiger charge is 2.39. The Balaban J connectivity index is 1.43. The Labute approximate surface area is 147 Å². The van der Waals surface area contributed by atoms with E-state index in [2.05, 4.69) is 4.90 Å². The van der Waals surface area contributed by atoms with Crippen LogP contribution in [0.1, 0.15) is 27.6 Å². The van der Waals surface area contributed by atoms with Crippen molar-refractivity contribution < 1.29 is 18.4 Å². The van der Waals surface area contributed by atoms with Crippen molar-refractivity contribution in [3.8, 4) is 0 Å². The van der Waals surface area contributed by atoms with Crippen molar-refractivity contribution in [1.82, 2.24) is 9.80 Å². The lowest BCUT2D eigenvalue weighted by atomic mass is 10.1. The van der Waals surface area contributed by atoms with Crippen LogP contribution >= 0.6 is 0 Å². The fraction of sp³-hybridized carbons (Fsp3) is 0.526. The highest BCUT2D eigenvalue weighted by atomic mass is 16.5. The first-order chi connectivity index (χ1) is 12.1. The van der Waals surface area contributed by atoms with Crippen molar-refractivity contribution in [1.29, 1.82) is 0 Å². The van der Waals surface area contributed by atoms with Gasteiger partial charge in [0.25, 0.3) is 5.91 Å². The minimum Gasteiger partial charge on any atom is -0.468 e. The van der Waals surface area contributed by atoms with Gasteiger partial charge in [-0.25, -0.2) is 0 Å². The molecule has 2 fully saturated rings. The lowest BCUT2D eigenvalue weighted by molar-refractivity contribution is 0.0482. The van der Waals surface area contributed by atoms with Gasteiger partial charge in [0.1, 0.15) is 17.3 Å². The second-order valence-corrected chi connectivity index (χ2v) is 7.02. The van der Waals surface area contributed by atoms with E-state index in [1.165, 1.54) is 0 Å². The van der Waals surface area contributed by atoms with Crippen molar-refractivity contribution in [2.24, 2.45) is 5.92 Å². The predicted molar refractivity (Wildman–Crippen MR) is 91.3 cm³/mol. The monoisotopic (exact) mass is 344 g/mol. The lowest BCUT2D eigenvalue weighted by Gasteiger charge is -2.22. The number of carbonyl (C=O) groups is 1. The molecule has 4 rings (SSSR count). The third-order valence-electron chi connectivity index (χ3n) is 5.13. The van der Waals surface area contributed by atoms with Gasteiger partial charge in [0.05, 0.1) is 31.1 Å². The van der Waals surface area contributed by atoms with E-state index in [1.54, 1.807) is 6.26 Å². The van der Waals surface area contributed by atoms with Crippen molar-refractivity contribution in [3.05, 3.63) is 47.3 Å². The fourth-order valence-corrected chi connectivity index (χ4v) is 3.91. The second-order valence-electron chi connectivity index (χ2n) is 7.02. The molecule has 6 heteroatoms. The normalized spacial score (nSPS) is 24.3. The molecule has 0 radical (unpaired) electrons. The first-order valence-electron chi connectivity index (χ1n) is 8.83. The molecule has 2 aliphatic heterocycles. The van der Waals surface area contributed by atoms with Gasteiger partial charge < -0.3 is 18.5 Å². The molecule has 0 unspecified atom stereocenters. The van der Waals surface area contributed by atoms with E-state index in [0.29, 0.717) is 30.4 Å². The molecule has 1 amide bonds. The number of furan rings is 2. The standard InChI is InChI=1S/C19H24N2O4/c1-13-8-17(14(2)25-13)19(22)21-10-15-9-20(5-7-24-18(15)12-21)11-16-4-3-6-23-16/h3-4,6,8,15,18H,5,7,9-12H2,1-2H3/t15-,18+/m1/s1. The minimum absolute atomic E-state index is 0.0450. The van der Waals surface area contributed by atoms with Gasteiger partial charge in [0, 0.05) is 32.1 Å². The molecule has 0 aromatic carbocycles. The number of carbonyl (C=O) groups excluding carboxylic acids is 1. The first kappa shape index (κ1) is 16.4. The molecule has 2 aliphatic rings. The summed E-state index contributed by atoms with van der Waals surface area (Å²) >= 11 is 0. The summed E-state index contributed by atoms with van der Waals surface area (Å²) < 4.78 is 17.0. The number of rotatable bonds is 3. The largest absolute Gasteiger partial charge is 0.468 e. The van der Waals surface area contributed by atoms with E-state index >= 15 is 0 Å². The SMILES string of the molecule is Cc1cc(C(=O)N2C[C@H]3CN(Cc4ccco4)CCO[C@H]3C2)c(C)o1. The number of aryl methyl sites for hydroxylation is 2. The Morgan fingerprint density at radius 3 is 2.88 bits per heavy atom. The van der Waals surface area contributed by atoms with Crippen molar-refractivity contribution in [3.63, 3.8) is 0 Å². The average molecular weight is 344 g/mol. The highest BCUT2D eigenvalue weighted by Crippen LogP contribution is 2.27. The van der Waals surface area contributed by atoms with Gasteiger partial charge in [-0.15, -0.1) is 0 Å². The smallest absolute Gasteiger partial charge is 0.257 e. The van der Waals surface area contributed by atoms with Gasteiger partial charge in [0.15, 0.2) is 0 Å². The molecule has 0 bridgehead atoms. The number of amides is 1. The summed E-state index contributed by atoms with van der Waals surface area (Å²) in [6, 6.07) is 5.74. The van der Waals surface area contributed by atoms with E-state index in [1.807, 2.05) is 36.9 Å². The Morgan fingerprint density at radius 1 is 1.28 bits per heavy atom. The Bertz CT molecular complexity index is 737. The molecule has 4 heterocycles. The van der Waals surface area contributed by atoms with Gasteiger partial charge in [-0.05, 0) is 32.0 Å². The van der Waals surface area contributed by atoms with Crippen LogP contribution in [0.4, 0.5) is 0 Å². The van der Waals surface area contributed by atoms with E-state index in [9.17, 15) is 4.79 Å². The summed E-state index contributed by atoms with van der Waals surface area (Å²) in [6.07, 6.45) is 1.82. The predicted octanol–water partition coefficient (Wildman–Crippen LogP) is 2.46. The van der Waals surface area contributed by atoms with Crippen molar-refractivity contribution in [2.75, 3.05) is 32.8 Å². The quantitative estimate of drug-likeness (QED) is 0.856. The van der Waals surface area contributed by atoms with Crippen LogP contribution in [0.5, 0.6) is 0 Å². The fourth-order valence-electron chi connectivity index (χ4n) is 3.91. The highest BCUT2D eigenvalue weighted by molar-refractivity contribution is 5.95. The second kappa shape index (κ2) is 6.69. The third-order valence-corrected chi connectivity index (χ3v) is 5.13. The number of fused-ring (bicyclic) bond motifs is 1. The molecular weight excluding hydrogens is 320 g/mol. The minimum atomic E-state index is 0.0450. The molecule has 2 atom stereocenters. The molecule has 2 saturated heterocycles. The topological polar surface area (TPSA) is 59.1 Å². The third kappa shape index (κ3) is 3.37. The molecule has 134 valence electrons. The number of ether oxygens (including phenoxy) is 1. The summed E-state index contributed by atoms with van der Waals surface area (Å²) in [6.45, 7) is 8.37. The first-order valence-corrected chi connectivity index (χ1v) is 8.83. The van der Waals surface area contributed by atoms with Crippen LogP contribution in [-0.2, 0) is 11.3 Å². The summed E-state index contributed by atoms with van der Waals surface area (Å²) in [5.41, 5.74) is 0.668. The molecule has 2 aromatic rings. The maximum atomic E-state index is 12.8. The van der Waals surface area contributed by atoms with E-state index < -0.39 is 0 Å². The zero-order valence-electron chi connectivity index (χ0n) is 14.7. The molecule has 0 N–H and O–H groups in total. The summed E-state index contributed by atoms with van der Waals surface area (Å²) in [4.78, 5) is 17.1. The Hall–Kier alpha value is -2.05. The molecular formula is C19H24N2O4. The van der Waals surface area contributed by atoms with Crippen LogP contribution in [-0.4, -0.2) is 54.6 Å². The van der Waals surface area contributed by atoms with Crippen LogP contribution < -0.4 is 0 Å². The number of hydrogen-bond acceptors (Lipinski definition) is 5. The molecule has 2 aromatic heterocycles. The van der Waals surface area contributed by atoms with Gasteiger partial charge in [0.2, 0.25) is 0 Å². The van der Waals surface area contributed by atoms with Crippen LogP contribution in [0.2, 0.25) is 0 Å². The van der Waals surface area contributed by atoms with Crippen molar-refractivity contribution >= 4 is 5.91 Å². The Kier molecular flexibility index (Phi) is 4.39. The summed E-state index contributed by atoms with van der Waals surface area (Å²) in [5, 5.41) is 0. The van der Waals surface area contributed by atoms with Gasteiger partial charge in [-0.3, -0.25) is 9.69 Å². The lowest BCUT2D eigenvalue weighted by Crippen LogP contribution is -2.33. The van der Waals surface area contributed by atoms with Crippen LogP contribution in [0.25, 0.3) is 0 Å². The van der Waals surface area contributed by atoms with Crippen molar-refractivity contribution in [2.45, 2.75) is 26.5 Å². The van der Waals surface area contributed by atoms with E-state index in [0.717, 1.165) is 37.7 Å². The summed E-state index contributed by atoms with van der Waals surface area (Å²) in [7, 11) is 0. The Morgan fingerprint density at radius 2 is 2.16 bits per heavy atom. The van der Waals surface area contributed by atoms with Crippen LogP contribution in [0, 0.1) is 19.8 Å². The van der Waals surface area contributed by atoms with E-state index in [4.69, 9.17) is 13.6 Å². The van der Waals surface area contributed by atoms with Gasteiger partial charge >= 0.3 is 0 Å². The zero-order chi connectivity index (χ0) is 17.4. The molecule has 0 spiro atoms. The summed E-state index contributed by atoms with van der Waals surface area (Å²) in [5.74, 6) is 2.80. The van der Waals surface area contributed by atoms with Gasteiger partial charge in [-0.1, -0.05) is 0 Å².